The van der Waals surface area contributed by atoms with E-state index in [-0.39, 0.29) is 11.4 Å². The van der Waals surface area contributed by atoms with E-state index in [9.17, 15) is 4.79 Å². The van der Waals surface area contributed by atoms with Crippen LogP contribution >= 0.6 is 0 Å². The number of hydrogen-bond acceptors (Lipinski definition) is 2. The van der Waals surface area contributed by atoms with Crippen molar-refractivity contribution in [2.45, 2.75) is 32.7 Å². The van der Waals surface area contributed by atoms with Gasteiger partial charge in [-0.05, 0) is 44.9 Å². The van der Waals surface area contributed by atoms with Gasteiger partial charge in [0.2, 0.25) is 0 Å². The molecule has 0 fully saturated rings. The summed E-state index contributed by atoms with van der Waals surface area (Å²) in [5, 5.41) is 4.10. The molecule has 0 atom stereocenters. The second-order valence-electron chi connectivity index (χ2n) is 7.07. The number of nitrogens with one attached hydrogen (secondary N) is 1. The Balaban J connectivity index is 1.76. The lowest BCUT2D eigenvalue weighted by molar-refractivity contribution is 0.0913. The van der Waals surface area contributed by atoms with Gasteiger partial charge in [-0.25, -0.2) is 4.98 Å². The summed E-state index contributed by atoms with van der Waals surface area (Å²) in [6, 6.07) is 12.2. The van der Waals surface area contributed by atoms with Crippen LogP contribution in [-0.2, 0) is 13.5 Å². The number of nitrogens with zero attached hydrogens (tertiary/aromatic N) is 2. The van der Waals surface area contributed by atoms with Gasteiger partial charge < -0.3 is 9.88 Å². The molecule has 0 saturated heterocycles. The van der Waals surface area contributed by atoms with Gasteiger partial charge in [0.05, 0.1) is 5.56 Å². The van der Waals surface area contributed by atoms with E-state index in [1.54, 1.807) is 6.20 Å². The maximum absolute atomic E-state index is 12.6. The smallest absolute Gasteiger partial charge is 0.253 e. The summed E-state index contributed by atoms with van der Waals surface area (Å²) in [6.45, 7) is 6.17. The predicted octanol–water partition coefficient (Wildman–Crippen LogP) is 3.63. The number of carbonyl (C=O) groups excluding carboxylic acids is 1. The van der Waals surface area contributed by atoms with E-state index in [4.69, 9.17) is 0 Å². The van der Waals surface area contributed by atoms with Gasteiger partial charge in [-0.1, -0.05) is 29.8 Å². The molecule has 3 aromatic rings. The van der Waals surface area contributed by atoms with E-state index in [0.29, 0.717) is 5.56 Å². The molecule has 0 unspecified atom stereocenters. The number of hydrogen-bond donors (Lipinski definition) is 1. The van der Waals surface area contributed by atoms with Crippen molar-refractivity contribution >= 4 is 16.9 Å². The van der Waals surface area contributed by atoms with E-state index < -0.39 is 0 Å². The van der Waals surface area contributed by atoms with Crippen molar-refractivity contribution in [1.82, 2.24) is 14.9 Å². The molecule has 0 bridgehead atoms. The summed E-state index contributed by atoms with van der Waals surface area (Å²) in [6.07, 6.45) is 4.36. The molecule has 1 amide bonds. The minimum Gasteiger partial charge on any atom is -0.347 e. The lowest BCUT2D eigenvalue weighted by Crippen LogP contribution is -2.45. The number of aryl methyl sites for hydroxylation is 2. The Bertz CT molecular complexity index is 893. The molecular weight excluding hydrogens is 298 g/mol. The number of amides is 1. The number of pyridine rings is 1. The number of benzene rings is 1. The number of aromatic nitrogens is 2. The minimum absolute atomic E-state index is 0.0918. The van der Waals surface area contributed by atoms with E-state index in [1.165, 1.54) is 11.1 Å². The van der Waals surface area contributed by atoms with Crippen LogP contribution < -0.4 is 5.32 Å². The lowest BCUT2D eigenvalue weighted by atomic mass is 9.93. The zero-order chi connectivity index (χ0) is 17.3. The van der Waals surface area contributed by atoms with Crippen LogP contribution in [-0.4, -0.2) is 21.0 Å². The normalized spacial score (nSPS) is 11.7. The topological polar surface area (TPSA) is 46.9 Å². The third-order valence-electron chi connectivity index (χ3n) is 4.15. The van der Waals surface area contributed by atoms with Crippen molar-refractivity contribution in [3.8, 4) is 0 Å². The molecule has 2 heterocycles. The first kappa shape index (κ1) is 16.2. The van der Waals surface area contributed by atoms with Crippen molar-refractivity contribution in [3.63, 3.8) is 0 Å². The molecular formula is C20H23N3O. The van der Waals surface area contributed by atoms with Crippen LogP contribution in [0.2, 0.25) is 0 Å². The highest BCUT2D eigenvalue weighted by atomic mass is 16.1. The van der Waals surface area contributed by atoms with Crippen LogP contribution in [0.1, 0.15) is 35.3 Å². The summed E-state index contributed by atoms with van der Waals surface area (Å²) in [5.41, 5.74) is 3.58. The molecule has 0 aliphatic rings. The summed E-state index contributed by atoms with van der Waals surface area (Å²) in [4.78, 5) is 17.0. The van der Waals surface area contributed by atoms with Gasteiger partial charge in [-0.3, -0.25) is 4.79 Å². The summed E-state index contributed by atoms with van der Waals surface area (Å²) in [5.74, 6) is -0.0918. The molecule has 4 heteroatoms. The Morgan fingerprint density at radius 3 is 2.79 bits per heavy atom. The summed E-state index contributed by atoms with van der Waals surface area (Å²) >= 11 is 0. The highest BCUT2D eigenvalue weighted by Gasteiger charge is 2.22. The second kappa shape index (κ2) is 6.11. The van der Waals surface area contributed by atoms with Gasteiger partial charge in [-0.2, -0.15) is 0 Å². The third kappa shape index (κ3) is 3.48. The molecule has 124 valence electrons. The minimum atomic E-state index is -0.337. The highest BCUT2D eigenvalue weighted by molar-refractivity contribution is 5.97. The Morgan fingerprint density at radius 1 is 1.25 bits per heavy atom. The average Bonchev–Trinajstić information content (AvgIpc) is 2.87. The molecule has 0 aliphatic heterocycles. The summed E-state index contributed by atoms with van der Waals surface area (Å²) in [7, 11) is 1.94. The van der Waals surface area contributed by atoms with Crippen LogP contribution in [0.25, 0.3) is 11.0 Å². The Kier molecular flexibility index (Phi) is 4.14. The third-order valence-corrected chi connectivity index (χ3v) is 4.15. The van der Waals surface area contributed by atoms with Crippen molar-refractivity contribution in [1.29, 1.82) is 0 Å². The standard InChI is InChI=1S/C20H23N3O/c1-14-6-5-7-15(10-14)12-20(2,3)22-19(24)17-11-16-8-9-23(4)18(16)21-13-17/h5-11,13H,12H2,1-4H3,(H,22,24). The van der Waals surface area contributed by atoms with E-state index >= 15 is 0 Å². The zero-order valence-electron chi connectivity index (χ0n) is 14.6. The first-order valence-electron chi connectivity index (χ1n) is 8.13. The van der Waals surface area contributed by atoms with Gasteiger partial charge in [0.15, 0.2) is 0 Å². The quantitative estimate of drug-likeness (QED) is 0.797. The van der Waals surface area contributed by atoms with Gasteiger partial charge in [-0.15, -0.1) is 0 Å². The van der Waals surface area contributed by atoms with Gasteiger partial charge in [0, 0.05) is 30.4 Å². The maximum atomic E-state index is 12.6. The molecule has 3 rings (SSSR count). The monoisotopic (exact) mass is 321 g/mol. The first-order chi connectivity index (χ1) is 11.3. The van der Waals surface area contributed by atoms with Gasteiger partial charge >= 0.3 is 0 Å². The van der Waals surface area contributed by atoms with Crippen molar-refractivity contribution in [2.75, 3.05) is 0 Å². The Morgan fingerprint density at radius 2 is 2.04 bits per heavy atom. The Labute approximate surface area is 142 Å². The Hall–Kier alpha value is -2.62. The fraction of sp³-hybridized carbons (Fsp3) is 0.300. The van der Waals surface area contributed by atoms with Crippen molar-refractivity contribution < 1.29 is 4.79 Å². The molecule has 0 spiro atoms. The van der Waals surface area contributed by atoms with Crippen molar-refractivity contribution in [3.05, 3.63) is 65.5 Å². The molecule has 1 aromatic carbocycles. The predicted molar refractivity (Wildman–Crippen MR) is 97.1 cm³/mol. The largest absolute Gasteiger partial charge is 0.347 e. The van der Waals surface area contributed by atoms with Crippen LogP contribution in [0.4, 0.5) is 0 Å². The molecule has 4 nitrogen and oxygen atoms in total. The lowest BCUT2D eigenvalue weighted by Gasteiger charge is -2.26. The SMILES string of the molecule is Cc1cccc(CC(C)(C)NC(=O)c2cnc3c(ccn3C)c2)c1. The van der Waals surface area contributed by atoms with Gasteiger partial charge in [0.1, 0.15) is 5.65 Å². The number of rotatable bonds is 4. The fourth-order valence-corrected chi connectivity index (χ4v) is 3.03. The molecule has 0 saturated carbocycles. The molecule has 0 radical (unpaired) electrons. The zero-order valence-corrected chi connectivity index (χ0v) is 14.6. The second-order valence-corrected chi connectivity index (χ2v) is 7.07. The van der Waals surface area contributed by atoms with Crippen LogP contribution in [0.3, 0.4) is 0 Å². The molecule has 24 heavy (non-hydrogen) atoms. The number of fused-ring (bicyclic) bond motifs is 1. The van der Waals surface area contributed by atoms with E-state index in [0.717, 1.165) is 17.5 Å². The highest BCUT2D eigenvalue weighted by Crippen LogP contribution is 2.17. The van der Waals surface area contributed by atoms with Crippen molar-refractivity contribution in [2.24, 2.45) is 7.05 Å². The van der Waals surface area contributed by atoms with Gasteiger partial charge in [0.25, 0.3) is 5.91 Å². The van der Waals surface area contributed by atoms with Crippen LogP contribution in [0.5, 0.6) is 0 Å². The number of carbonyl (C=O) groups is 1. The van der Waals surface area contributed by atoms with Crippen LogP contribution in [0.15, 0.2) is 48.8 Å². The van der Waals surface area contributed by atoms with E-state index in [1.807, 2.05) is 43.8 Å². The van der Waals surface area contributed by atoms with E-state index in [2.05, 4.69) is 41.5 Å². The summed E-state index contributed by atoms with van der Waals surface area (Å²) < 4.78 is 1.94. The molecule has 2 aromatic heterocycles. The molecule has 1 N–H and O–H groups in total. The average molecular weight is 321 g/mol. The maximum Gasteiger partial charge on any atom is 0.253 e. The molecule has 0 aliphatic carbocycles. The first-order valence-corrected chi connectivity index (χ1v) is 8.13. The van der Waals surface area contributed by atoms with Crippen LogP contribution in [0, 0.1) is 6.92 Å². The fourth-order valence-electron chi connectivity index (χ4n) is 3.03.